The molecule has 0 aromatic heterocycles. The summed E-state index contributed by atoms with van der Waals surface area (Å²) in [4.78, 5) is 48.4. The standard InChI is InChI=1S/C29H40N4O7S/c1-5-6-7-12-25(34)30-20-27(36)32-24-11-9-8-10-22(24)15-18-26(35)33-41(38,39)23-16-13-21(14-17-23)19-31-28(37)40-29(2,3)4/h8-11,13-14,16-17H,5-7,12,15,18-20H2,1-4H3,(H,30,34)(H,31,37)(H,32,36)(H,33,35). The summed E-state index contributed by atoms with van der Waals surface area (Å²) in [6.45, 7) is 7.25. The van der Waals surface area contributed by atoms with Crippen LogP contribution in [-0.2, 0) is 42.1 Å². The summed E-state index contributed by atoms with van der Waals surface area (Å²) in [5, 5.41) is 7.91. The molecule has 2 rings (SSSR count). The molecule has 0 saturated carbocycles. The van der Waals surface area contributed by atoms with Crippen LogP contribution in [0.15, 0.2) is 53.4 Å². The quantitative estimate of drug-likeness (QED) is 0.244. The molecule has 0 aliphatic heterocycles. The Kier molecular flexibility index (Phi) is 12.8. The van der Waals surface area contributed by atoms with Gasteiger partial charge in [0.25, 0.3) is 10.0 Å². The van der Waals surface area contributed by atoms with Crippen molar-refractivity contribution in [3.8, 4) is 0 Å². The lowest BCUT2D eigenvalue weighted by molar-refractivity contribution is -0.124. The van der Waals surface area contributed by atoms with E-state index in [1.807, 2.05) is 6.92 Å². The lowest BCUT2D eigenvalue weighted by Crippen LogP contribution is -2.33. The maximum Gasteiger partial charge on any atom is 0.407 e. The van der Waals surface area contributed by atoms with E-state index in [2.05, 4.69) is 20.7 Å². The van der Waals surface area contributed by atoms with Crippen molar-refractivity contribution in [2.24, 2.45) is 0 Å². The topological polar surface area (TPSA) is 160 Å². The molecule has 12 heteroatoms. The Labute approximate surface area is 241 Å². The monoisotopic (exact) mass is 588 g/mol. The van der Waals surface area contributed by atoms with E-state index in [4.69, 9.17) is 4.74 Å². The largest absolute Gasteiger partial charge is 0.444 e. The van der Waals surface area contributed by atoms with Gasteiger partial charge in [0.2, 0.25) is 17.7 Å². The van der Waals surface area contributed by atoms with Crippen molar-refractivity contribution in [2.45, 2.75) is 83.3 Å². The van der Waals surface area contributed by atoms with Crippen LogP contribution in [0.4, 0.5) is 10.5 Å². The number of ether oxygens (including phenoxy) is 1. The van der Waals surface area contributed by atoms with Crippen LogP contribution in [0.1, 0.15) is 70.9 Å². The Morgan fingerprint density at radius 2 is 1.51 bits per heavy atom. The van der Waals surface area contributed by atoms with Gasteiger partial charge in [0.15, 0.2) is 0 Å². The summed E-state index contributed by atoms with van der Waals surface area (Å²) in [5.74, 6) is -1.30. The minimum Gasteiger partial charge on any atom is -0.444 e. The first kappa shape index (κ1) is 33.3. The zero-order valence-corrected chi connectivity index (χ0v) is 24.9. The Bertz CT molecular complexity index is 1300. The van der Waals surface area contributed by atoms with Crippen molar-refractivity contribution >= 4 is 39.5 Å². The molecule has 224 valence electrons. The van der Waals surface area contributed by atoms with Crippen LogP contribution in [0.5, 0.6) is 0 Å². The van der Waals surface area contributed by atoms with E-state index in [9.17, 15) is 27.6 Å². The van der Waals surface area contributed by atoms with Crippen LogP contribution < -0.4 is 20.7 Å². The van der Waals surface area contributed by atoms with Gasteiger partial charge in [-0.05, 0) is 62.9 Å². The Hall–Kier alpha value is -3.93. The lowest BCUT2D eigenvalue weighted by atomic mass is 10.1. The van der Waals surface area contributed by atoms with Gasteiger partial charge in [-0.1, -0.05) is 50.1 Å². The highest BCUT2D eigenvalue weighted by Gasteiger charge is 2.19. The minimum absolute atomic E-state index is 0.101. The number of hydrogen-bond donors (Lipinski definition) is 4. The molecule has 0 atom stereocenters. The van der Waals surface area contributed by atoms with E-state index in [-0.39, 0.29) is 36.7 Å². The molecule has 0 bridgehead atoms. The number of para-hydroxylation sites is 1. The normalized spacial score (nSPS) is 11.3. The van der Waals surface area contributed by atoms with Crippen molar-refractivity contribution in [3.63, 3.8) is 0 Å². The number of anilines is 1. The maximum absolute atomic E-state index is 12.7. The second-order valence-electron chi connectivity index (χ2n) is 10.5. The third kappa shape index (κ3) is 12.9. The van der Waals surface area contributed by atoms with E-state index in [0.29, 0.717) is 23.2 Å². The maximum atomic E-state index is 12.7. The van der Waals surface area contributed by atoms with Crippen molar-refractivity contribution in [3.05, 3.63) is 59.7 Å². The molecule has 0 spiro atoms. The Balaban J connectivity index is 1.87. The molecule has 0 heterocycles. The van der Waals surface area contributed by atoms with E-state index in [1.54, 1.807) is 45.0 Å². The fourth-order valence-electron chi connectivity index (χ4n) is 3.64. The van der Waals surface area contributed by atoms with Crippen LogP contribution in [0, 0.1) is 0 Å². The summed E-state index contributed by atoms with van der Waals surface area (Å²) >= 11 is 0. The number of unbranched alkanes of at least 4 members (excludes halogenated alkanes) is 2. The average Bonchev–Trinajstić information content (AvgIpc) is 2.89. The number of amides is 4. The highest BCUT2D eigenvalue weighted by atomic mass is 32.2. The average molecular weight is 589 g/mol. The van der Waals surface area contributed by atoms with Gasteiger partial charge in [0, 0.05) is 25.1 Å². The van der Waals surface area contributed by atoms with Gasteiger partial charge < -0.3 is 20.7 Å². The van der Waals surface area contributed by atoms with Gasteiger partial charge in [0.1, 0.15) is 5.60 Å². The van der Waals surface area contributed by atoms with Crippen LogP contribution in [-0.4, -0.2) is 44.4 Å². The number of benzene rings is 2. The molecule has 0 unspecified atom stereocenters. The summed E-state index contributed by atoms with van der Waals surface area (Å²) < 4.78 is 32.6. The van der Waals surface area contributed by atoms with Gasteiger partial charge in [0.05, 0.1) is 11.4 Å². The Morgan fingerprint density at radius 3 is 2.17 bits per heavy atom. The molecule has 0 fully saturated rings. The molecule has 0 radical (unpaired) electrons. The number of alkyl carbamates (subject to hydrolysis) is 1. The lowest BCUT2D eigenvalue weighted by Gasteiger charge is -2.19. The van der Waals surface area contributed by atoms with E-state index in [1.165, 1.54) is 24.3 Å². The van der Waals surface area contributed by atoms with Gasteiger partial charge >= 0.3 is 6.09 Å². The van der Waals surface area contributed by atoms with Gasteiger partial charge in [-0.25, -0.2) is 17.9 Å². The number of rotatable bonds is 14. The van der Waals surface area contributed by atoms with Crippen LogP contribution in [0.2, 0.25) is 0 Å². The second-order valence-corrected chi connectivity index (χ2v) is 12.1. The van der Waals surface area contributed by atoms with E-state index >= 15 is 0 Å². The zero-order chi connectivity index (χ0) is 30.5. The van der Waals surface area contributed by atoms with Crippen LogP contribution >= 0.6 is 0 Å². The molecule has 11 nitrogen and oxygen atoms in total. The smallest absolute Gasteiger partial charge is 0.407 e. The number of hydrogen-bond acceptors (Lipinski definition) is 7. The number of carbonyl (C=O) groups is 4. The van der Waals surface area contributed by atoms with Crippen molar-refractivity contribution in [2.75, 3.05) is 11.9 Å². The number of carbonyl (C=O) groups excluding carboxylic acids is 4. The molecule has 0 saturated heterocycles. The summed E-state index contributed by atoms with van der Waals surface area (Å²) in [7, 11) is -4.11. The third-order valence-electron chi connectivity index (χ3n) is 5.68. The highest BCUT2D eigenvalue weighted by molar-refractivity contribution is 7.90. The summed E-state index contributed by atoms with van der Waals surface area (Å²) in [5.41, 5.74) is 1.13. The fourth-order valence-corrected chi connectivity index (χ4v) is 4.65. The molecule has 2 aromatic rings. The predicted octanol–water partition coefficient (Wildman–Crippen LogP) is 3.78. The Morgan fingerprint density at radius 1 is 0.829 bits per heavy atom. The first-order valence-corrected chi connectivity index (χ1v) is 15.0. The molecule has 2 aromatic carbocycles. The van der Waals surface area contributed by atoms with Gasteiger partial charge in [-0.15, -0.1) is 0 Å². The SMILES string of the molecule is CCCCCC(=O)NCC(=O)Nc1ccccc1CCC(=O)NS(=O)(=O)c1ccc(CNC(=O)OC(C)(C)C)cc1. The summed E-state index contributed by atoms with van der Waals surface area (Å²) in [6, 6.07) is 12.6. The fraction of sp³-hybridized carbons (Fsp3) is 0.448. The first-order valence-electron chi connectivity index (χ1n) is 13.5. The van der Waals surface area contributed by atoms with Gasteiger partial charge in [-0.2, -0.15) is 0 Å². The second kappa shape index (κ2) is 15.8. The molecule has 0 aliphatic carbocycles. The molecule has 0 aliphatic rings. The number of nitrogens with one attached hydrogen (secondary N) is 4. The van der Waals surface area contributed by atoms with Crippen molar-refractivity contribution in [1.82, 2.24) is 15.4 Å². The van der Waals surface area contributed by atoms with Crippen LogP contribution in [0.25, 0.3) is 0 Å². The van der Waals surface area contributed by atoms with Crippen molar-refractivity contribution in [1.29, 1.82) is 0 Å². The molecular weight excluding hydrogens is 548 g/mol. The molecule has 4 amide bonds. The minimum atomic E-state index is -4.11. The zero-order valence-electron chi connectivity index (χ0n) is 24.0. The number of sulfonamides is 1. The molecular formula is C29H40N4O7S. The molecule has 41 heavy (non-hydrogen) atoms. The van der Waals surface area contributed by atoms with Crippen LogP contribution in [0.3, 0.4) is 0 Å². The first-order chi connectivity index (χ1) is 19.3. The number of aryl methyl sites for hydroxylation is 1. The molecule has 4 N–H and O–H groups in total. The van der Waals surface area contributed by atoms with E-state index < -0.39 is 33.5 Å². The van der Waals surface area contributed by atoms with E-state index in [0.717, 1.165) is 19.3 Å². The van der Waals surface area contributed by atoms with Gasteiger partial charge in [-0.3, -0.25) is 14.4 Å². The van der Waals surface area contributed by atoms with Crippen molar-refractivity contribution < 1.29 is 32.3 Å². The highest BCUT2D eigenvalue weighted by Crippen LogP contribution is 2.17. The third-order valence-corrected chi connectivity index (χ3v) is 7.07. The summed E-state index contributed by atoms with van der Waals surface area (Å²) in [6.07, 6.45) is 2.52. The predicted molar refractivity (Wildman–Crippen MR) is 155 cm³/mol.